The Balaban J connectivity index is 1.79. The van der Waals surface area contributed by atoms with Gasteiger partial charge in [0.25, 0.3) is 0 Å². The highest BCUT2D eigenvalue weighted by Crippen LogP contribution is 2.15. The third-order valence-corrected chi connectivity index (χ3v) is 4.70. The van der Waals surface area contributed by atoms with Gasteiger partial charge >= 0.3 is 0 Å². The van der Waals surface area contributed by atoms with Gasteiger partial charge in [0.2, 0.25) is 5.91 Å². The molecule has 1 amide bonds. The van der Waals surface area contributed by atoms with E-state index in [4.69, 9.17) is 9.73 Å². The van der Waals surface area contributed by atoms with Crippen LogP contribution in [0.2, 0.25) is 0 Å². The second kappa shape index (κ2) is 13.2. The van der Waals surface area contributed by atoms with Crippen molar-refractivity contribution in [3.8, 4) is 0 Å². The molecule has 0 aromatic heterocycles. The lowest BCUT2D eigenvalue weighted by Crippen LogP contribution is -2.38. The zero-order valence-corrected chi connectivity index (χ0v) is 17.5. The summed E-state index contributed by atoms with van der Waals surface area (Å²) in [7, 11) is 0. The molecule has 1 aromatic rings. The van der Waals surface area contributed by atoms with Gasteiger partial charge in [0.05, 0.1) is 6.54 Å². The van der Waals surface area contributed by atoms with E-state index in [9.17, 15) is 4.79 Å². The number of carbonyl (C=O) groups is 1. The van der Waals surface area contributed by atoms with E-state index in [-0.39, 0.29) is 5.91 Å². The van der Waals surface area contributed by atoms with Gasteiger partial charge in [0.15, 0.2) is 5.96 Å². The summed E-state index contributed by atoms with van der Waals surface area (Å²) in [6, 6.07) is 8.37. The lowest BCUT2D eigenvalue weighted by atomic mass is 10.1. The first-order chi connectivity index (χ1) is 13.7. The smallest absolute Gasteiger partial charge is 0.222 e. The number of guanidine groups is 1. The minimum atomic E-state index is 0.265. The maximum Gasteiger partial charge on any atom is 0.222 e. The van der Waals surface area contributed by atoms with Crippen molar-refractivity contribution in [1.82, 2.24) is 15.5 Å². The van der Waals surface area contributed by atoms with Crippen molar-refractivity contribution in [2.24, 2.45) is 4.99 Å². The van der Waals surface area contributed by atoms with Crippen LogP contribution in [-0.4, -0.2) is 49.6 Å². The van der Waals surface area contributed by atoms with E-state index in [1.165, 1.54) is 12.0 Å². The fraction of sp³-hybridized carbons (Fsp3) is 0.636. The fourth-order valence-corrected chi connectivity index (χ4v) is 3.16. The highest BCUT2D eigenvalue weighted by Gasteiger charge is 2.19. The Hall–Kier alpha value is -2.08. The van der Waals surface area contributed by atoms with Crippen LogP contribution in [0, 0.1) is 0 Å². The minimum Gasteiger partial charge on any atom is -0.381 e. The molecule has 0 spiro atoms. The number of benzene rings is 1. The molecule has 6 nitrogen and oxygen atoms in total. The van der Waals surface area contributed by atoms with Crippen LogP contribution in [0.3, 0.4) is 0 Å². The van der Waals surface area contributed by atoms with Crippen LogP contribution < -0.4 is 10.6 Å². The van der Waals surface area contributed by atoms with E-state index in [0.29, 0.717) is 19.5 Å². The average Bonchev–Trinajstić information content (AvgIpc) is 3.10. The lowest BCUT2D eigenvalue weighted by molar-refractivity contribution is -0.128. The molecule has 1 fully saturated rings. The highest BCUT2D eigenvalue weighted by molar-refractivity contribution is 5.79. The SMILES string of the molecule is CCCCOCCCNC(=NCc1cccc(CN2CCCC2=O)c1)NCC. The Bertz CT molecular complexity index is 618. The average molecular weight is 389 g/mol. The Kier molecular flexibility index (Phi) is 10.4. The number of ether oxygens (including phenoxy) is 1. The quantitative estimate of drug-likeness (QED) is 0.328. The Morgan fingerprint density at radius 3 is 2.75 bits per heavy atom. The first-order valence-electron chi connectivity index (χ1n) is 10.7. The Labute approximate surface area is 169 Å². The van der Waals surface area contributed by atoms with Crippen molar-refractivity contribution in [2.45, 2.75) is 59.0 Å². The molecule has 1 aliphatic heterocycles. The van der Waals surface area contributed by atoms with E-state index in [1.54, 1.807) is 0 Å². The molecule has 6 heteroatoms. The molecule has 2 rings (SSSR count). The molecule has 0 atom stereocenters. The van der Waals surface area contributed by atoms with Crippen molar-refractivity contribution in [3.05, 3.63) is 35.4 Å². The summed E-state index contributed by atoms with van der Waals surface area (Å²) in [6.45, 7) is 9.73. The van der Waals surface area contributed by atoms with Crippen LogP contribution in [0.5, 0.6) is 0 Å². The van der Waals surface area contributed by atoms with Crippen LogP contribution in [0.1, 0.15) is 57.1 Å². The van der Waals surface area contributed by atoms with Crippen LogP contribution in [-0.2, 0) is 22.6 Å². The van der Waals surface area contributed by atoms with Gasteiger partial charge in [-0.2, -0.15) is 0 Å². The summed E-state index contributed by atoms with van der Waals surface area (Å²) >= 11 is 0. The van der Waals surface area contributed by atoms with E-state index in [0.717, 1.165) is 63.6 Å². The molecule has 1 aliphatic rings. The predicted molar refractivity (Wildman–Crippen MR) is 114 cm³/mol. The predicted octanol–water partition coefficient (Wildman–Crippen LogP) is 3.07. The third-order valence-electron chi connectivity index (χ3n) is 4.70. The zero-order chi connectivity index (χ0) is 20.0. The molecule has 0 saturated carbocycles. The number of likely N-dealkylation sites (tertiary alicyclic amines) is 1. The number of unbranched alkanes of at least 4 members (excludes halogenated alkanes) is 1. The molecular formula is C22H36N4O2. The van der Waals surface area contributed by atoms with Gasteiger partial charge in [-0.1, -0.05) is 37.6 Å². The number of carbonyl (C=O) groups excluding carboxylic acids is 1. The molecular weight excluding hydrogens is 352 g/mol. The van der Waals surface area contributed by atoms with Crippen LogP contribution >= 0.6 is 0 Å². The van der Waals surface area contributed by atoms with Crippen LogP contribution in [0.4, 0.5) is 0 Å². The summed E-state index contributed by atoms with van der Waals surface area (Å²) in [5.41, 5.74) is 2.33. The molecule has 0 bridgehead atoms. The highest BCUT2D eigenvalue weighted by atomic mass is 16.5. The summed E-state index contributed by atoms with van der Waals surface area (Å²) in [5, 5.41) is 6.66. The van der Waals surface area contributed by atoms with Gasteiger partial charge in [-0.15, -0.1) is 0 Å². The minimum absolute atomic E-state index is 0.265. The maximum atomic E-state index is 11.8. The molecule has 1 heterocycles. The number of rotatable bonds is 12. The van der Waals surface area contributed by atoms with E-state index in [1.807, 2.05) is 4.90 Å². The topological polar surface area (TPSA) is 66.0 Å². The first kappa shape index (κ1) is 22.2. The van der Waals surface area contributed by atoms with Crippen molar-refractivity contribution in [3.63, 3.8) is 0 Å². The maximum absolute atomic E-state index is 11.8. The first-order valence-corrected chi connectivity index (χ1v) is 10.7. The Morgan fingerprint density at radius 2 is 2.00 bits per heavy atom. The van der Waals surface area contributed by atoms with Gasteiger partial charge in [-0.3, -0.25) is 4.79 Å². The fourth-order valence-electron chi connectivity index (χ4n) is 3.16. The van der Waals surface area contributed by atoms with Crippen LogP contribution in [0.25, 0.3) is 0 Å². The molecule has 1 aromatic carbocycles. The van der Waals surface area contributed by atoms with Gasteiger partial charge in [-0.25, -0.2) is 4.99 Å². The van der Waals surface area contributed by atoms with Gasteiger partial charge in [-0.05, 0) is 37.3 Å². The second-order valence-corrected chi connectivity index (χ2v) is 7.18. The largest absolute Gasteiger partial charge is 0.381 e. The number of amides is 1. The molecule has 0 unspecified atom stereocenters. The summed E-state index contributed by atoms with van der Waals surface area (Å²) in [4.78, 5) is 18.5. The molecule has 28 heavy (non-hydrogen) atoms. The molecule has 0 radical (unpaired) electrons. The summed E-state index contributed by atoms with van der Waals surface area (Å²) in [5.74, 6) is 1.09. The number of nitrogens with one attached hydrogen (secondary N) is 2. The number of aliphatic imine (C=N–C) groups is 1. The van der Waals surface area contributed by atoms with E-state index >= 15 is 0 Å². The second-order valence-electron chi connectivity index (χ2n) is 7.18. The van der Waals surface area contributed by atoms with Crippen molar-refractivity contribution >= 4 is 11.9 Å². The summed E-state index contributed by atoms with van der Waals surface area (Å²) < 4.78 is 5.59. The summed E-state index contributed by atoms with van der Waals surface area (Å²) in [6.07, 6.45) is 4.93. The van der Waals surface area contributed by atoms with E-state index < -0.39 is 0 Å². The Morgan fingerprint density at radius 1 is 1.18 bits per heavy atom. The molecule has 156 valence electrons. The van der Waals surface area contributed by atoms with Crippen molar-refractivity contribution in [1.29, 1.82) is 0 Å². The van der Waals surface area contributed by atoms with Gasteiger partial charge in [0, 0.05) is 45.8 Å². The van der Waals surface area contributed by atoms with Gasteiger partial charge in [0.1, 0.15) is 0 Å². The molecule has 2 N–H and O–H groups in total. The lowest BCUT2D eigenvalue weighted by Gasteiger charge is -2.16. The number of hydrogen-bond donors (Lipinski definition) is 2. The zero-order valence-electron chi connectivity index (χ0n) is 17.5. The number of hydrogen-bond acceptors (Lipinski definition) is 3. The molecule has 0 aliphatic carbocycles. The van der Waals surface area contributed by atoms with Crippen LogP contribution in [0.15, 0.2) is 29.3 Å². The number of nitrogens with zero attached hydrogens (tertiary/aromatic N) is 2. The van der Waals surface area contributed by atoms with Gasteiger partial charge < -0.3 is 20.3 Å². The molecule has 1 saturated heterocycles. The normalized spacial score (nSPS) is 14.6. The third kappa shape index (κ3) is 8.30. The van der Waals surface area contributed by atoms with Crippen molar-refractivity contribution in [2.75, 3.05) is 32.8 Å². The van der Waals surface area contributed by atoms with Crippen molar-refractivity contribution < 1.29 is 9.53 Å². The van der Waals surface area contributed by atoms with E-state index in [2.05, 4.69) is 48.7 Å². The monoisotopic (exact) mass is 388 g/mol. The standard InChI is InChI=1S/C22H36N4O2/c1-3-5-14-28-15-8-12-24-22(23-4-2)25-17-19-9-6-10-20(16-19)18-26-13-7-11-21(26)27/h6,9-10,16H,3-5,7-8,11-15,17-18H2,1-2H3,(H2,23,24,25).